The van der Waals surface area contributed by atoms with Gasteiger partial charge >= 0.3 is 0 Å². The topological polar surface area (TPSA) is 90.9 Å². The molecule has 0 saturated heterocycles. The van der Waals surface area contributed by atoms with Crippen molar-refractivity contribution in [1.82, 2.24) is 19.7 Å². The molecule has 2 aromatic carbocycles. The van der Waals surface area contributed by atoms with Gasteiger partial charge in [-0.3, -0.25) is 0 Å². The number of ether oxygens (including phenoxy) is 1. The number of anilines is 2. The lowest BCUT2D eigenvalue weighted by atomic mass is 10.1. The van der Waals surface area contributed by atoms with E-state index in [0.717, 1.165) is 35.3 Å². The van der Waals surface area contributed by atoms with Crippen LogP contribution in [0.5, 0.6) is 0 Å². The summed E-state index contributed by atoms with van der Waals surface area (Å²) in [6, 6.07) is 18.5. The van der Waals surface area contributed by atoms with Gasteiger partial charge in [0.05, 0.1) is 5.39 Å². The van der Waals surface area contributed by atoms with E-state index in [9.17, 15) is 0 Å². The van der Waals surface area contributed by atoms with Gasteiger partial charge in [-0.15, -0.1) is 0 Å². The quantitative estimate of drug-likeness (QED) is 0.442. The van der Waals surface area contributed by atoms with Crippen LogP contribution in [0, 0.1) is 0 Å². The average Bonchev–Trinajstić information content (AvgIpc) is 3.11. The van der Waals surface area contributed by atoms with E-state index in [1.54, 1.807) is 10.9 Å². The fourth-order valence-electron chi connectivity index (χ4n) is 3.15. The van der Waals surface area contributed by atoms with Gasteiger partial charge in [-0.25, -0.2) is 9.67 Å². The molecule has 0 unspecified atom stereocenters. The highest BCUT2D eigenvalue weighted by Crippen LogP contribution is 2.29. The zero-order valence-corrected chi connectivity index (χ0v) is 16.4. The molecular formula is C22H24N6O. The average molecular weight is 388 g/mol. The van der Waals surface area contributed by atoms with Gasteiger partial charge in [-0.05, 0) is 24.1 Å². The van der Waals surface area contributed by atoms with Gasteiger partial charge in [0.1, 0.15) is 12.4 Å². The molecule has 0 aliphatic rings. The van der Waals surface area contributed by atoms with Crippen LogP contribution < -0.4 is 11.1 Å². The van der Waals surface area contributed by atoms with E-state index in [1.165, 1.54) is 5.56 Å². The minimum Gasteiger partial charge on any atom is -0.381 e. The Morgan fingerprint density at radius 1 is 1.10 bits per heavy atom. The van der Waals surface area contributed by atoms with E-state index in [-0.39, 0.29) is 5.95 Å². The van der Waals surface area contributed by atoms with E-state index in [0.29, 0.717) is 19.0 Å². The smallest absolute Gasteiger partial charge is 0.222 e. The number of benzene rings is 2. The van der Waals surface area contributed by atoms with Crippen molar-refractivity contribution in [3.8, 4) is 11.3 Å². The molecule has 2 heterocycles. The Morgan fingerprint density at radius 2 is 1.97 bits per heavy atom. The van der Waals surface area contributed by atoms with Crippen molar-refractivity contribution in [2.45, 2.75) is 26.6 Å². The maximum absolute atomic E-state index is 5.80. The summed E-state index contributed by atoms with van der Waals surface area (Å²) in [5.74, 6) is 0.221. The normalized spacial score (nSPS) is 11.1. The zero-order valence-electron chi connectivity index (χ0n) is 16.4. The molecule has 148 valence electrons. The summed E-state index contributed by atoms with van der Waals surface area (Å²) in [6.07, 6.45) is 2.67. The predicted molar refractivity (Wildman–Crippen MR) is 115 cm³/mol. The first-order valence-corrected chi connectivity index (χ1v) is 9.69. The summed E-state index contributed by atoms with van der Waals surface area (Å²) in [5.41, 5.74) is 10.5. The van der Waals surface area contributed by atoms with Crippen molar-refractivity contribution < 1.29 is 4.74 Å². The lowest BCUT2D eigenvalue weighted by Crippen LogP contribution is -2.06. The van der Waals surface area contributed by atoms with E-state index in [1.807, 2.05) is 36.4 Å². The van der Waals surface area contributed by atoms with Crippen LogP contribution in [0.25, 0.3) is 22.3 Å². The largest absolute Gasteiger partial charge is 0.381 e. The molecule has 3 N–H and O–H groups in total. The van der Waals surface area contributed by atoms with Gasteiger partial charge in [-0.1, -0.05) is 49.4 Å². The zero-order chi connectivity index (χ0) is 20.1. The lowest BCUT2D eigenvalue weighted by molar-refractivity contribution is 0.0721. The molecule has 2 aromatic heterocycles. The Labute approximate surface area is 169 Å². The van der Waals surface area contributed by atoms with Gasteiger partial charge in [0.25, 0.3) is 0 Å². The summed E-state index contributed by atoms with van der Waals surface area (Å²) in [5, 5.41) is 9.05. The number of hydrogen-bond acceptors (Lipinski definition) is 6. The highest BCUT2D eigenvalue weighted by molar-refractivity contribution is 5.91. The lowest BCUT2D eigenvalue weighted by Gasteiger charge is -2.08. The molecule has 0 aliphatic carbocycles. The van der Waals surface area contributed by atoms with Gasteiger partial charge in [0.15, 0.2) is 5.65 Å². The van der Waals surface area contributed by atoms with Gasteiger partial charge < -0.3 is 15.8 Å². The molecular weight excluding hydrogens is 364 g/mol. The summed E-state index contributed by atoms with van der Waals surface area (Å²) in [6.45, 7) is 3.81. The van der Waals surface area contributed by atoms with Crippen molar-refractivity contribution in [1.29, 1.82) is 0 Å². The van der Waals surface area contributed by atoms with Gasteiger partial charge in [0, 0.05) is 30.6 Å². The van der Waals surface area contributed by atoms with Crippen LogP contribution in [0.4, 0.5) is 11.6 Å². The summed E-state index contributed by atoms with van der Waals surface area (Å²) in [7, 11) is 0. The second-order valence-electron chi connectivity index (χ2n) is 6.77. The summed E-state index contributed by atoms with van der Waals surface area (Å²) >= 11 is 0. The Morgan fingerprint density at radius 3 is 2.79 bits per heavy atom. The van der Waals surface area contributed by atoms with Gasteiger partial charge in [0.2, 0.25) is 5.95 Å². The number of rotatable bonds is 8. The number of fused-ring (bicyclic) bond motifs is 1. The first kappa shape index (κ1) is 18.9. The third kappa shape index (κ3) is 4.35. The van der Waals surface area contributed by atoms with Crippen molar-refractivity contribution in [2.24, 2.45) is 0 Å². The van der Waals surface area contributed by atoms with E-state index in [2.05, 4.69) is 40.4 Å². The molecule has 0 bridgehead atoms. The SMILES string of the molecule is CCCOCn1nc(-c2cccc(NCc3ccccc3)c2)c2cnc(N)nc21. The number of nitrogens with one attached hydrogen (secondary N) is 1. The monoisotopic (exact) mass is 388 g/mol. The Balaban J connectivity index is 1.63. The minimum atomic E-state index is 0.221. The molecule has 0 saturated carbocycles. The Hall–Kier alpha value is -3.45. The molecule has 0 fully saturated rings. The minimum absolute atomic E-state index is 0.221. The fraction of sp³-hybridized carbons (Fsp3) is 0.227. The summed E-state index contributed by atoms with van der Waals surface area (Å²) < 4.78 is 7.40. The van der Waals surface area contributed by atoms with Crippen LogP contribution in [-0.2, 0) is 18.0 Å². The Kier molecular flexibility index (Phi) is 5.67. The van der Waals surface area contributed by atoms with E-state index >= 15 is 0 Å². The van der Waals surface area contributed by atoms with Crippen molar-refractivity contribution >= 4 is 22.7 Å². The molecule has 4 rings (SSSR count). The predicted octanol–water partition coefficient (Wildman–Crippen LogP) is 4.07. The molecule has 7 heteroatoms. The molecule has 0 radical (unpaired) electrons. The highest BCUT2D eigenvalue weighted by atomic mass is 16.5. The van der Waals surface area contributed by atoms with Gasteiger partial charge in [-0.2, -0.15) is 10.1 Å². The molecule has 0 aliphatic heterocycles. The fourth-order valence-corrected chi connectivity index (χ4v) is 3.15. The maximum Gasteiger partial charge on any atom is 0.222 e. The van der Waals surface area contributed by atoms with E-state index in [4.69, 9.17) is 15.6 Å². The summed E-state index contributed by atoms with van der Waals surface area (Å²) in [4.78, 5) is 8.53. The second kappa shape index (κ2) is 8.70. The molecule has 0 atom stereocenters. The van der Waals surface area contributed by atoms with Crippen molar-refractivity contribution in [2.75, 3.05) is 17.7 Å². The van der Waals surface area contributed by atoms with Crippen molar-refractivity contribution in [3.63, 3.8) is 0 Å². The second-order valence-corrected chi connectivity index (χ2v) is 6.77. The standard InChI is InChI=1S/C22H24N6O/c1-2-11-29-15-28-21-19(14-25-22(23)26-21)20(27-28)17-9-6-10-18(12-17)24-13-16-7-4-3-5-8-16/h3-10,12,14,24H,2,11,13,15H2,1H3,(H2,23,25,26). The molecule has 7 nitrogen and oxygen atoms in total. The number of aromatic nitrogens is 4. The number of nitrogens with zero attached hydrogens (tertiary/aromatic N) is 4. The first-order chi connectivity index (χ1) is 14.2. The van der Waals surface area contributed by atoms with Crippen LogP contribution in [0.1, 0.15) is 18.9 Å². The molecule has 0 spiro atoms. The van der Waals surface area contributed by atoms with Crippen molar-refractivity contribution in [3.05, 3.63) is 66.4 Å². The number of nitrogen functional groups attached to an aromatic ring is 1. The Bertz CT molecular complexity index is 1090. The number of nitrogens with two attached hydrogens (primary N) is 1. The first-order valence-electron chi connectivity index (χ1n) is 9.69. The molecule has 0 amide bonds. The van der Waals surface area contributed by atoms with Crippen LogP contribution in [-0.4, -0.2) is 26.4 Å². The maximum atomic E-state index is 5.80. The van der Waals surface area contributed by atoms with E-state index < -0.39 is 0 Å². The molecule has 29 heavy (non-hydrogen) atoms. The van der Waals surface area contributed by atoms with Crippen LogP contribution in [0.2, 0.25) is 0 Å². The third-order valence-electron chi connectivity index (χ3n) is 4.55. The van der Waals surface area contributed by atoms with Crippen LogP contribution in [0.15, 0.2) is 60.8 Å². The van der Waals surface area contributed by atoms with Crippen LogP contribution >= 0.6 is 0 Å². The molecule has 4 aromatic rings. The van der Waals surface area contributed by atoms with Crippen LogP contribution in [0.3, 0.4) is 0 Å². The number of hydrogen-bond donors (Lipinski definition) is 2. The third-order valence-corrected chi connectivity index (χ3v) is 4.55. The highest BCUT2D eigenvalue weighted by Gasteiger charge is 2.15.